The third kappa shape index (κ3) is 3.87. The quantitative estimate of drug-likeness (QED) is 0.857. The fraction of sp³-hybridized carbons (Fsp3) is 0.611. The summed E-state index contributed by atoms with van der Waals surface area (Å²) in [4.78, 5) is 17.0. The zero-order valence-electron chi connectivity index (χ0n) is 13.4. The van der Waals surface area contributed by atoms with E-state index in [0.717, 1.165) is 52.2 Å². The molecule has 120 valence electrons. The van der Waals surface area contributed by atoms with Gasteiger partial charge in [0.05, 0.1) is 0 Å². The largest absolute Gasteiger partial charge is 0.368 e. The highest BCUT2D eigenvalue weighted by atomic mass is 16.5. The van der Waals surface area contributed by atoms with Crippen LogP contribution < -0.4 is 0 Å². The van der Waals surface area contributed by atoms with Crippen LogP contribution in [0, 0.1) is 5.92 Å². The minimum absolute atomic E-state index is 0.187. The van der Waals surface area contributed by atoms with E-state index in [-0.39, 0.29) is 12.0 Å². The number of ether oxygens (including phenoxy) is 1. The summed E-state index contributed by atoms with van der Waals surface area (Å²) in [5.41, 5.74) is 1.34. The molecular formula is C18H26N2O2. The molecule has 3 rings (SSSR count). The van der Waals surface area contributed by atoms with Crippen LogP contribution in [0.25, 0.3) is 0 Å². The molecule has 4 nitrogen and oxygen atoms in total. The molecule has 1 aromatic rings. The predicted molar refractivity (Wildman–Crippen MR) is 86.4 cm³/mol. The third-order valence-corrected chi connectivity index (χ3v) is 4.55. The first kappa shape index (κ1) is 15.5. The molecule has 1 amide bonds. The third-order valence-electron chi connectivity index (χ3n) is 4.55. The molecule has 2 saturated heterocycles. The maximum absolute atomic E-state index is 12.5. The lowest BCUT2D eigenvalue weighted by atomic mass is 10.1. The Morgan fingerprint density at radius 2 is 2.05 bits per heavy atom. The fourth-order valence-electron chi connectivity index (χ4n) is 3.48. The monoisotopic (exact) mass is 302 g/mol. The summed E-state index contributed by atoms with van der Waals surface area (Å²) in [6, 6.07) is 10.6. The van der Waals surface area contributed by atoms with Gasteiger partial charge in [-0.25, -0.2) is 0 Å². The van der Waals surface area contributed by atoms with Gasteiger partial charge in [0.2, 0.25) is 0 Å². The number of rotatable bonds is 3. The van der Waals surface area contributed by atoms with Crippen LogP contribution in [0.1, 0.15) is 25.3 Å². The van der Waals surface area contributed by atoms with E-state index >= 15 is 0 Å². The van der Waals surface area contributed by atoms with Crippen LogP contribution in [0.15, 0.2) is 30.3 Å². The number of benzene rings is 1. The molecule has 2 atom stereocenters. The molecule has 2 heterocycles. The van der Waals surface area contributed by atoms with Crippen molar-refractivity contribution in [3.8, 4) is 0 Å². The number of amides is 1. The van der Waals surface area contributed by atoms with Crippen LogP contribution in [0.2, 0.25) is 0 Å². The molecule has 0 spiro atoms. The van der Waals surface area contributed by atoms with Crippen molar-refractivity contribution in [2.24, 2.45) is 5.92 Å². The van der Waals surface area contributed by atoms with Gasteiger partial charge in [-0.2, -0.15) is 0 Å². The summed E-state index contributed by atoms with van der Waals surface area (Å²) < 4.78 is 5.56. The van der Waals surface area contributed by atoms with E-state index in [9.17, 15) is 4.79 Å². The van der Waals surface area contributed by atoms with Crippen LogP contribution in [0.3, 0.4) is 0 Å². The van der Waals surface area contributed by atoms with Crippen molar-refractivity contribution in [3.05, 3.63) is 35.9 Å². The SMILES string of the molecule is CC1CN(Cc2ccccc2)CCN(C(=O)[C@H]2CCCO2)C1. The zero-order valence-corrected chi connectivity index (χ0v) is 13.4. The molecule has 4 heteroatoms. The lowest BCUT2D eigenvalue weighted by molar-refractivity contribution is -0.141. The highest BCUT2D eigenvalue weighted by Crippen LogP contribution is 2.18. The van der Waals surface area contributed by atoms with E-state index in [0.29, 0.717) is 5.92 Å². The highest BCUT2D eigenvalue weighted by molar-refractivity contribution is 5.81. The van der Waals surface area contributed by atoms with Gasteiger partial charge in [-0.1, -0.05) is 37.3 Å². The standard InChI is InChI=1S/C18H26N2O2/c1-15-12-19(14-16-6-3-2-4-7-16)9-10-20(13-15)18(21)17-8-5-11-22-17/h2-4,6-7,15,17H,5,8-14H2,1H3/t15?,17-/m1/s1. The van der Waals surface area contributed by atoms with Gasteiger partial charge in [0.15, 0.2) is 0 Å². The van der Waals surface area contributed by atoms with E-state index in [1.165, 1.54) is 5.56 Å². The maximum Gasteiger partial charge on any atom is 0.251 e. The van der Waals surface area contributed by atoms with Crippen molar-refractivity contribution in [2.75, 3.05) is 32.8 Å². The van der Waals surface area contributed by atoms with Crippen molar-refractivity contribution in [1.29, 1.82) is 0 Å². The van der Waals surface area contributed by atoms with Gasteiger partial charge < -0.3 is 9.64 Å². The second-order valence-electron chi connectivity index (χ2n) is 6.61. The van der Waals surface area contributed by atoms with E-state index in [1.54, 1.807) is 0 Å². The van der Waals surface area contributed by atoms with Crippen LogP contribution >= 0.6 is 0 Å². The first-order chi connectivity index (χ1) is 10.7. The first-order valence-electron chi connectivity index (χ1n) is 8.39. The lowest BCUT2D eigenvalue weighted by Crippen LogP contribution is -2.42. The molecule has 22 heavy (non-hydrogen) atoms. The van der Waals surface area contributed by atoms with E-state index in [4.69, 9.17) is 4.74 Å². The average Bonchev–Trinajstić information content (AvgIpc) is 2.99. The van der Waals surface area contributed by atoms with Crippen LogP contribution in [0.4, 0.5) is 0 Å². The van der Waals surface area contributed by atoms with Crippen LogP contribution in [0.5, 0.6) is 0 Å². The molecule has 0 aliphatic carbocycles. The molecule has 0 bridgehead atoms. The number of carbonyl (C=O) groups excluding carboxylic acids is 1. The Morgan fingerprint density at radius 1 is 1.23 bits per heavy atom. The molecular weight excluding hydrogens is 276 g/mol. The second kappa shape index (κ2) is 7.25. The van der Waals surface area contributed by atoms with E-state index in [2.05, 4.69) is 42.2 Å². The molecule has 2 aliphatic rings. The Morgan fingerprint density at radius 3 is 2.77 bits per heavy atom. The van der Waals surface area contributed by atoms with Crippen LogP contribution in [-0.4, -0.2) is 54.6 Å². The fourth-order valence-corrected chi connectivity index (χ4v) is 3.48. The molecule has 1 aromatic carbocycles. The lowest BCUT2D eigenvalue weighted by Gasteiger charge is -2.25. The molecule has 1 unspecified atom stereocenters. The van der Waals surface area contributed by atoms with E-state index in [1.807, 2.05) is 4.90 Å². The van der Waals surface area contributed by atoms with Crippen LogP contribution in [-0.2, 0) is 16.1 Å². The molecule has 2 fully saturated rings. The maximum atomic E-state index is 12.5. The van der Waals surface area contributed by atoms with Crippen molar-refractivity contribution < 1.29 is 9.53 Å². The average molecular weight is 302 g/mol. The van der Waals surface area contributed by atoms with Crippen molar-refractivity contribution in [3.63, 3.8) is 0 Å². The number of carbonyl (C=O) groups is 1. The van der Waals surface area contributed by atoms with Gasteiger partial charge in [0.1, 0.15) is 6.10 Å². The van der Waals surface area contributed by atoms with Gasteiger partial charge in [-0.15, -0.1) is 0 Å². The zero-order chi connectivity index (χ0) is 15.4. The van der Waals surface area contributed by atoms with Crippen molar-refractivity contribution in [1.82, 2.24) is 9.80 Å². The van der Waals surface area contributed by atoms with Gasteiger partial charge >= 0.3 is 0 Å². The first-order valence-corrected chi connectivity index (χ1v) is 8.39. The molecule has 0 radical (unpaired) electrons. The summed E-state index contributed by atoms with van der Waals surface area (Å²) in [5.74, 6) is 0.697. The molecule has 0 N–H and O–H groups in total. The molecule has 0 saturated carbocycles. The smallest absolute Gasteiger partial charge is 0.251 e. The van der Waals surface area contributed by atoms with Crippen molar-refractivity contribution in [2.45, 2.75) is 32.4 Å². The Balaban J connectivity index is 1.59. The minimum atomic E-state index is -0.187. The van der Waals surface area contributed by atoms with Gasteiger partial charge in [0.25, 0.3) is 5.91 Å². The summed E-state index contributed by atoms with van der Waals surface area (Å²) >= 11 is 0. The second-order valence-corrected chi connectivity index (χ2v) is 6.61. The topological polar surface area (TPSA) is 32.8 Å². The Kier molecular flexibility index (Phi) is 5.11. The summed E-state index contributed by atoms with van der Waals surface area (Å²) in [6.45, 7) is 7.59. The van der Waals surface area contributed by atoms with Crippen molar-refractivity contribution >= 4 is 5.91 Å². The highest BCUT2D eigenvalue weighted by Gasteiger charge is 2.30. The Bertz CT molecular complexity index is 485. The van der Waals surface area contributed by atoms with Gasteiger partial charge in [-0.05, 0) is 24.3 Å². The summed E-state index contributed by atoms with van der Waals surface area (Å²) in [7, 11) is 0. The van der Waals surface area contributed by atoms with Gasteiger partial charge in [-0.3, -0.25) is 9.69 Å². The molecule has 2 aliphatic heterocycles. The number of hydrogen-bond donors (Lipinski definition) is 0. The number of hydrogen-bond acceptors (Lipinski definition) is 3. The number of nitrogens with zero attached hydrogens (tertiary/aromatic N) is 2. The Hall–Kier alpha value is -1.39. The Labute approximate surface area is 133 Å². The summed E-state index contributed by atoms with van der Waals surface area (Å²) in [5, 5.41) is 0. The van der Waals surface area contributed by atoms with E-state index < -0.39 is 0 Å². The van der Waals surface area contributed by atoms with Gasteiger partial charge in [0, 0.05) is 39.3 Å². The normalized spacial score (nSPS) is 26.9. The molecule has 0 aromatic heterocycles. The minimum Gasteiger partial charge on any atom is -0.368 e. The summed E-state index contributed by atoms with van der Waals surface area (Å²) in [6.07, 6.45) is 1.71. The predicted octanol–water partition coefficient (Wildman–Crippen LogP) is 2.15.